The van der Waals surface area contributed by atoms with Crippen LogP contribution in [-0.2, 0) is 23.2 Å². The Hall–Kier alpha value is -1.66. The van der Waals surface area contributed by atoms with E-state index in [1.165, 1.54) is 5.06 Å². The molecule has 1 amide bonds. The van der Waals surface area contributed by atoms with Gasteiger partial charge in [0, 0.05) is 12.1 Å². The third-order valence-electron chi connectivity index (χ3n) is 3.48. The highest BCUT2D eigenvalue weighted by atomic mass is 35.5. The van der Waals surface area contributed by atoms with Gasteiger partial charge < -0.3 is 0 Å². The van der Waals surface area contributed by atoms with Crippen LogP contribution in [0, 0.1) is 5.41 Å². The number of aromatic nitrogens is 3. The Balaban J connectivity index is 1.93. The fourth-order valence-electron chi connectivity index (χ4n) is 2.19. The Morgan fingerprint density at radius 1 is 1.45 bits per heavy atom. The Labute approximate surface area is 121 Å². The number of carbonyl (C=O) groups excluding carboxylic acids is 1. The van der Waals surface area contributed by atoms with Gasteiger partial charge in [0.1, 0.15) is 5.52 Å². The fourth-order valence-corrected chi connectivity index (χ4v) is 2.41. The lowest BCUT2D eigenvalue weighted by molar-refractivity contribution is -0.165. The zero-order valence-corrected chi connectivity index (χ0v) is 12.3. The monoisotopic (exact) mass is 294 g/mol. The molecule has 0 saturated carbocycles. The van der Waals surface area contributed by atoms with Crippen molar-refractivity contribution >= 4 is 28.5 Å². The van der Waals surface area contributed by atoms with Gasteiger partial charge in [-0.3, -0.25) is 9.63 Å². The summed E-state index contributed by atoms with van der Waals surface area (Å²) in [4.78, 5) is 17.6. The SMILES string of the molecule is Cn1nnc2cc(Cl)c(CN3OCC(C)(C)C3=O)cc21. The Bertz CT molecular complexity index is 695. The molecule has 106 valence electrons. The molecule has 2 heterocycles. The molecule has 1 aliphatic rings. The normalized spacial score (nSPS) is 18.2. The lowest BCUT2D eigenvalue weighted by Gasteiger charge is -2.17. The van der Waals surface area contributed by atoms with Crippen LogP contribution in [0.4, 0.5) is 0 Å². The predicted molar refractivity (Wildman–Crippen MR) is 73.8 cm³/mol. The van der Waals surface area contributed by atoms with Gasteiger partial charge in [-0.15, -0.1) is 5.10 Å². The van der Waals surface area contributed by atoms with Crippen LogP contribution < -0.4 is 0 Å². The molecule has 0 unspecified atom stereocenters. The number of hydrogen-bond donors (Lipinski definition) is 0. The van der Waals surface area contributed by atoms with Gasteiger partial charge in [-0.25, -0.2) is 9.75 Å². The molecule has 1 fully saturated rings. The van der Waals surface area contributed by atoms with Crippen molar-refractivity contribution in [1.29, 1.82) is 0 Å². The van der Waals surface area contributed by atoms with Crippen LogP contribution in [0.2, 0.25) is 5.02 Å². The molecule has 7 heteroatoms. The van der Waals surface area contributed by atoms with Gasteiger partial charge in [0.05, 0.1) is 24.1 Å². The molecular weight excluding hydrogens is 280 g/mol. The zero-order chi connectivity index (χ0) is 14.5. The van der Waals surface area contributed by atoms with E-state index in [0.29, 0.717) is 18.2 Å². The van der Waals surface area contributed by atoms with Crippen LogP contribution in [0.3, 0.4) is 0 Å². The molecule has 0 radical (unpaired) electrons. The van der Waals surface area contributed by atoms with Gasteiger partial charge in [-0.05, 0) is 31.5 Å². The number of fused-ring (bicyclic) bond motifs is 1. The summed E-state index contributed by atoms with van der Waals surface area (Å²) in [6, 6.07) is 3.64. The van der Waals surface area contributed by atoms with E-state index < -0.39 is 5.41 Å². The van der Waals surface area contributed by atoms with E-state index in [1.54, 1.807) is 10.7 Å². The smallest absolute Gasteiger partial charge is 0.254 e. The lowest BCUT2D eigenvalue weighted by atomic mass is 9.95. The standard InChI is InChI=1S/C13H15ClN4O2/c1-13(2)7-20-18(12(13)19)6-8-4-11-10(5-9(8)14)15-16-17(11)3/h4-5H,6-7H2,1-3H3. The number of carbonyl (C=O) groups is 1. The fraction of sp³-hybridized carbons (Fsp3) is 0.462. The maximum atomic E-state index is 12.2. The first-order chi connectivity index (χ1) is 9.38. The molecule has 0 spiro atoms. The van der Waals surface area contributed by atoms with Crippen LogP contribution in [0.25, 0.3) is 11.0 Å². The predicted octanol–water partition coefficient (Wildman–Crippen LogP) is 1.92. The molecule has 0 aliphatic carbocycles. The molecule has 3 rings (SSSR count). The van der Waals surface area contributed by atoms with Gasteiger partial charge in [0.2, 0.25) is 0 Å². The Kier molecular flexibility index (Phi) is 2.95. The summed E-state index contributed by atoms with van der Waals surface area (Å²) in [6.07, 6.45) is 0. The summed E-state index contributed by atoms with van der Waals surface area (Å²) >= 11 is 6.24. The van der Waals surface area contributed by atoms with Crippen molar-refractivity contribution in [3.63, 3.8) is 0 Å². The first-order valence-electron chi connectivity index (χ1n) is 6.31. The molecule has 6 nitrogen and oxygen atoms in total. The molecule has 1 aromatic heterocycles. The number of hydroxylamine groups is 2. The first-order valence-corrected chi connectivity index (χ1v) is 6.69. The van der Waals surface area contributed by atoms with E-state index in [0.717, 1.165) is 16.6 Å². The molecule has 20 heavy (non-hydrogen) atoms. The summed E-state index contributed by atoms with van der Waals surface area (Å²) in [5.41, 5.74) is 1.94. The number of nitrogens with zero attached hydrogens (tertiary/aromatic N) is 4. The van der Waals surface area contributed by atoms with Crippen molar-refractivity contribution in [2.45, 2.75) is 20.4 Å². The number of halogens is 1. The van der Waals surface area contributed by atoms with E-state index >= 15 is 0 Å². The van der Waals surface area contributed by atoms with Gasteiger partial charge >= 0.3 is 0 Å². The summed E-state index contributed by atoms with van der Waals surface area (Å²) < 4.78 is 1.67. The largest absolute Gasteiger partial charge is 0.272 e. The average molecular weight is 295 g/mol. The summed E-state index contributed by atoms with van der Waals surface area (Å²) in [6.45, 7) is 4.44. The maximum absolute atomic E-state index is 12.2. The minimum atomic E-state index is -0.481. The second-order valence-electron chi connectivity index (χ2n) is 5.64. The Morgan fingerprint density at radius 3 is 2.85 bits per heavy atom. The number of aryl methyl sites for hydroxylation is 1. The van der Waals surface area contributed by atoms with Crippen LogP contribution in [0.1, 0.15) is 19.4 Å². The van der Waals surface area contributed by atoms with Crippen molar-refractivity contribution < 1.29 is 9.63 Å². The highest BCUT2D eigenvalue weighted by Crippen LogP contribution is 2.30. The van der Waals surface area contributed by atoms with Crippen LogP contribution in [0.15, 0.2) is 12.1 Å². The van der Waals surface area contributed by atoms with Crippen molar-refractivity contribution in [1.82, 2.24) is 20.1 Å². The number of benzene rings is 1. The topological polar surface area (TPSA) is 60.3 Å². The average Bonchev–Trinajstić information content (AvgIpc) is 2.86. The van der Waals surface area contributed by atoms with Gasteiger partial charge in [0.25, 0.3) is 5.91 Å². The van der Waals surface area contributed by atoms with Gasteiger partial charge in [-0.2, -0.15) is 0 Å². The van der Waals surface area contributed by atoms with Crippen molar-refractivity contribution in [2.75, 3.05) is 6.61 Å². The lowest BCUT2D eigenvalue weighted by Crippen LogP contribution is -2.30. The van der Waals surface area contributed by atoms with Crippen LogP contribution in [-0.4, -0.2) is 32.6 Å². The van der Waals surface area contributed by atoms with Crippen molar-refractivity contribution in [3.8, 4) is 0 Å². The highest BCUT2D eigenvalue weighted by molar-refractivity contribution is 6.32. The minimum Gasteiger partial charge on any atom is -0.272 e. The molecule has 1 aliphatic heterocycles. The zero-order valence-electron chi connectivity index (χ0n) is 11.6. The third kappa shape index (κ3) is 2.05. The molecule has 0 bridgehead atoms. The molecule has 0 atom stereocenters. The molecule has 1 aromatic carbocycles. The van der Waals surface area contributed by atoms with Gasteiger partial charge in [0.15, 0.2) is 0 Å². The summed E-state index contributed by atoms with van der Waals surface area (Å²) in [7, 11) is 1.81. The van der Waals surface area contributed by atoms with Crippen molar-refractivity contribution in [2.24, 2.45) is 12.5 Å². The van der Waals surface area contributed by atoms with E-state index in [1.807, 2.05) is 27.0 Å². The second kappa shape index (κ2) is 4.43. The summed E-state index contributed by atoms with van der Waals surface area (Å²) in [5, 5.41) is 9.88. The minimum absolute atomic E-state index is 0.0307. The number of amides is 1. The summed E-state index contributed by atoms with van der Waals surface area (Å²) in [5.74, 6) is -0.0307. The Morgan fingerprint density at radius 2 is 2.20 bits per heavy atom. The number of hydrogen-bond acceptors (Lipinski definition) is 4. The van der Waals surface area contributed by atoms with E-state index in [-0.39, 0.29) is 5.91 Å². The highest BCUT2D eigenvalue weighted by Gasteiger charge is 2.40. The molecule has 2 aromatic rings. The second-order valence-corrected chi connectivity index (χ2v) is 6.05. The van der Waals surface area contributed by atoms with Crippen LogP contribution in [0.5, 0.6) is 0 Å². The van der Waals surface area contributed by atoms with Crippen molar-refractivity contribution in [3.05, 3.63) is 22.7 Å². The molecule has 1 saturated heterocycles. The quantitative estimate of drug-likeness (QED) is 0.849. The third-order valence-corrected chi connectivity index (χ3v) is 3.83. The number of rotatable bonds is 2. The first kappa shape index (κ1) is 13.3. The van der Waals surface area contributed by atoms with E-state index in [4.69, 9.17) is 16.4 Å². The van der Waals surface area contributed by atoms with E-state index in [2.05, 4.69) is 10.3 Å². The maximum Gasteiger partial charge on any atom is 0.254 e. The van der Waals surface area contributed by atoms with Gasteiger partial charge in [-0.1, -0.05) is 16.8 Å². The van der Waals surface area contributed by atoms with E-state index in [9.17, 15) is 4.79 Å². The molecule has 0 N–H and O–H groups in total. The molecular formula is C13H15ClN4O2. The van der Waals surface area contributed by atoms with Crippen LogP contribution >= 0.6 is 11.6 Å².